The van der Waals surface area contributed by atoms with Gasteiger partial charge in [-0.3, -0.25) is 14.3 Å². The maximum atomic E-state index is 12.4. The van der Waals surface area contributed by atoms with Gasteiger partial charge in [-0.25, -0.2) is 4.98 Å². The fourth-order valence-corrected chi connectivity index (χ4v) is 3.51. The number of aromatic nitrogens is 3. The highest BCUT2D eigenvalue weighted by Crippen LogP contribution is 2.41. The molecule has 0 aliphatic carbocycles. The van der Waals surface area contributed by atoms with Crippen LogP contribution in [0.1, 0.15) is 23.6 Å². The number of carbonyl (C=O) groups excluding carboxylic acids is 1. The second-order valence-electron chi connectivity index (χ2n) is 5.75. The highest BCUT2D eigenvalue weighted by atomic mass is 79.9. The summed E-state index contributed by atoms with van der Waals surface area (Å²) in [6.45, 7) is 0. The molecule has 126 valence electrons. The van der Waals surface area contributed by atoms with Crippen LogP contribution in [0.25, 0.3) is 5.69 Å². The molecular formula is C18H15BrN4O2. The van der Waals surface area contributed by atoms with Crippen molar-refractivity contribution in [2.75, 3.05) is 12.4 Å². The van der Waals surface area contributed by atoms with E-state index in [0.717, 1.165) is 27.2 Å². The average molecular weight is 399 g/mol. The number of imidazole rings is 1. The molecule has 3 heterocycles. The van der Waals surface area contributed by atoms with Crippen molar-refractivity contribution < 1.29 is 9.53 Å². The summed E-state index contributed by atoms with van der Waals surface area (Å²) >= 11 is 3.50. The van der Waals surface area contributed by atoms with Crippen LogP contribution in [0.2, 0.25) is 0 Å². The van der Waals surface area contributed by atoms with Crippen LogP contribution >= 0.6 is 15.9 Å². The number of nitrogens with one attached hydrogen (secondary N) is 1. The third-order valence-corrected chi connectivity index (χ3v) is 4.76. The molecule has 0 radical (unpaired) electrons. The van der Waals surface area contributed by atoms with E-state index in [0.29, 0.717) is 12.2 Å². The summed E-state index contributed by atoms with van der Waals surface area (Å²) < 4.78 is 8.28. The van der Waals surface area contributed by atoms with Gasteiger partial charge in [-0.15, -0.1) is 0 Å². The number of rotatable bonds is 3. The lowest BCUT2D eigenvalue weighted by atomic mass is 9.89. The van der Waals surface area contributed by atoms with E-state index in [1.54, 1.807) is 25.8 Å². The lowest BCUT2D eigenvalue weighted by Gasteiger charge is -2.24. The van der Waals surface area contributed by atoms with Crippen LogP contribution in [-0.4, -0.2) is 27.6 Å². The number of methoxy groups -OCH3 is 1. The van der Waals surface area contributed by atoms with Gasteiger partial charge in [-0.05, 0) is 30.3 Å². The van der Waals surface area contributed by atoms with Gasteiger partial charge < -0.3 is 10.1 Å². The number of carbonyl (C=O) groups is 1. The van der Waals surface area contributed by atoms with Crippen molar-refractivity contribution in [1.82, 2.24) is 14.5 Å². The molecule has 1 aromatic carbocycles. The molecular weight excluding hydrogens is 384 g/mol. The Labute approximate surface area is 153 Å². The van der Waals surface area contributed by atoms with Gasteiger partial charge >= 0.3 is 0 Å². The molecule has 1 N–H and O–H groups in total. The molecule has 4 rings (SSSR count). The summed E-state index contributed by atoms with van der Waals surface area (Å²) in [5, 5.41) is 2.94. The van der Waals surface area contributed by atoms with E-state index in [1.807, 2.05) is 34.9 Å². The first-order valence-corrected chi connectivity index (χ1v) is 8.57. The molecule has 25 heavy (non-hydrogen) atoms. The van der Waals surface area contributed by atoms with E-state index < -0.39 is 0 Å². The lowest BCUT2D eigenvalue weighted by molar-refractivity contribution is -0.116. The molecule has 1 amide bonds. The second-order valence-corrected chi connectivity index (χ2v) is 6.67. The number of anilines is 1. The van der Waals surface area contributed by atoms with Crippen molar-refractivity contribution >= 4 is 27.7 Å². The maximum Gasteiger partial charge on any atom is 0.226 e. The van der Waals surface area contributed by atoms with Crippen LogP contribution in [0.3, 0.4) is 0 Å². The Hall–Kier alpha value is -2.67. The standard InChI is InChI=1S/C18H15BrN4O2/c1-25-15-5-4-11(19)7-13(15)14-8-16(24)22-18-17(14)21-10-23(18)12-3-2-6-20-9-12/h2-7,9-10,14H,8H2,1H3,(H,22,24)/t14-/m0/s1. The Morgan fingerprint density at radius 2 is 2.24 bits per heavy atom. The van der Waals surface area contributed by atoms with Crippen molar-refractivity contribution in [2.24, 2.45) is 0 Å². The van der Waals surface area contributed by atoms with E-state index >= 15 is 0 Å². The predicted octanol–water partition coefficient (Wildman–Crippen LogP) is 3.51. The monoisotopic (exact) mass is 398 g/mol. The third kappa shape index (κ3) is 2.80. The molecule has 0 spiro atoms. The van der Waals surface area contributed by atoms with E-state index in [9.17, 15) is 4.79 Å². The molecule has 0 saturated heterocycles. The molecule has 1 aliphatic heterocycles. The fraction of sp³-hybridized carbons (Fsp3) is 0.167. The van der Waals surface area contributed by atoms with Gasteiger partial charge in [-0.2, -0.15) is 0 Å². The minimum absolute atomic E-state index is 0.0508. The molecule has 0 saturated carbocycles. The van der Waals surface area contributed by atoms with Crippen LogP contribution in [0, 0.1) is 0 Å². The zero-order valence-electron chi connectivity index (χ0n) is 13.4. The number of hydrogen-bond donors (Lipinski definition) is 1. The van der Waals surface area contributed by atoms with Gasteiger partial charge in [0.1, 0.15) is 17.9 Å². The topological polar surface area (TPSA) is 69.0 Å². The van der Waals surface area contributed by atoms with E-state index in [4.69, 9.17) is 4.74 Å². The molecule has 1 aliphatic rings. The van der Waals surface area contributed by atoms with Crippen LogP contribution in [-0.2, 0) is 4.79 Å². The van der Waals surface area contributed by atoms with Gasteiger partial charge in [0, 0.05) is 28.6 Å². The third-order valence-electron chi connectivity index (χ3n) is 4.26. The van der Waals surface area contributed by atoms with Crippen molar-refractivity contribution in [3.05, 3.63) is 64.8 Å². The first-order chi connectivity index (χ1) is 12.2. The summed E-state index contributed by atoms with van der Waals surface area (Å²) in [6, 6.07) is 9.56. The summed E-state index contributed by atoms with van der Waals surface area (Å²) in [4.78, 5) is 21.1. The molecule has 1 atom stereocenters. The summed E-state index contributed by atoms with van der Waals surface area (Å²) in [6.07, 6.45) is 5.48. The van der Waals surface area contributed by atoms with Gasteiger partial charge in [0.25, 0.3) is 0 Å². The number of amides is 1. The number of pyridine rings is 1. The van der Waals surface area contributed by atoms with Gasteiger partial charge in [-0.1, -0.05) is 15.9 Å². The molecule has 2 aromatic heterocycles. The largest absolute Gasteiger partial charge is 0.496 e. The molecule has 0 fully saturated rings. The summed E-state index contributed by atoms with van der Waals surface area (Å²) in [5.41, 5.74) is 2.60. The number of fused-ring (bicyclic) bond motifs is 1. The van der Waals surface area contributed by atoms with Crippen molar-refractivity contribution in [3.63, 3.8) is 0 Å². The Kier molecular flexibility index (Phi) is 4.01. The molecule has 7 heteroatoms. The first-order valence-electron chi connectivity index (χ1n) is 7.78. The quantitative estimate of drug-likeness (QED) is 0.732. The van der Waals surface area contributed by atoms with Crippen molar-refractivity contribution in [3.8, 4) is 11.4 Å². The zero-order chi connectivity index (χ0) is 17.4. The number of halogens is 1. The lowest BCUT2D eigenvalue weighted by Crippen LogP contribution is -2.25. The normalized spacial score (nSPS) is 16.2. The fourth-order valence-electron chi connectivity index (χ4n) is 3.13. The van der Waals surface area contributed by atoms with Gasteiger partial charge in [0.15, 0.2) is 0 Å². The Morgan fingerprint density at radius 1 is 1.36 bits per heavy atom. The first kappa shape index (κ1) is 15.8. The van der Waals surface area contributed by atoms with Gasteiger partial charge in [0.2, 0.25) is 5.91 Å². The smallest absolute Gasteiger partial charge is 0.226 e. The maximum absolute atomic E-state index is 12.4. The predicted molar refractivity (Wildman–Crippen MR) is 97.1 cm³/mol. The SMILES string of the molecule is COc1ccc(Br)cc1[C@@H]1CC(=O)Nc2c1ncn2-c1cccnc1. The minimum atomic E-state index is -0.172. The number of nitrogens with zero attached hydrogens (tertiary/aromatic N) is 3. The highest BCUT2D eigenvalue weighted by molar-refractivity contribution is 9.10. The summed E-state index contributed by atoms with van der Waals surface area (Å²) in [7, 11) is 1.63. The van der Waals surface area contributed by atoms with E-state index in [1.165, 1.54) is 0 Å². The molecule has 0 bridgehead atoms. The van der Waals surface area contributed by atoms with Crippen molar-refractivity contribution in [2.45, 2.75) is 12.3 Å². The molecule has 3 aromatic rings. The summed E-state index contributed by atoms with van der Waals surface area (Å²) in [5.74, 6) is 1.19. The minimum Gasteiger partial charge on any atom is -0.496 e. The van der Waals surface area contributed by atoms with Crippen LogP contribution in [0.4, 0.5) is 5.82 Å². The molecule has 0 unspecified atom stereocenters. The number of benzene rings is 1. The Morgan fingerprint density at radius 3 is 3.00 bits per heavy atom. The Bertz CT molecular complexity index is 940. The van der Waals surface area contributed by atoms with E-state index in [2.05, 4.69) is 31.2 Å². The van der Waals surface area contributed by atoms with E-state index in [-0.39, 0.29) is 11.8 Å². The molecule has 6 nitrogen and oxygen atoms in total. The number of hydrogen-bond acceptors (Lipinski definition) is 4. The number of ether oxygens (including phenoxy) is 1. The van der Waals surface area contributed by atoms with Crippen LogP contribution in [0.15, 0.2) is 53.5 Å². The second kappa shape index (κ2) is 6.33. The van der Waals surface area contributed by atoms with Crippen LogP contribution in [0.5, 0.6) is 5.75 Å². The van der Waals surface area contributed by atoms with Gasteiger partial charge in [0.05, 0.1) is 24.7 Å². The van der Waals surface area contributed by atoms with Crippen LogP contribution < -0.4 is 10.1 Å². The highest BCUT2D eigenvalue weighted by Gasteiger charge is 2.32. The van der Waals surface area contributed by atoms with Crippen molar-refractivity contribution in [1.29, 1.82) is 0 Å². The zero-order valence-corrected chi connectivity index (χ0v) is 15.0. The Balaban J connectivity index is 1.86. The average Bonchev–Trinajstić information content (AvgIpc) is 3.05.